The lowest BCUT2D eigenvalue weighted by Gasteiger charge is -2.40. The van der Waals surface area contributed by atoms with Crippen molar-refractivity contribution >= 4 is 0 Å². The Kier molecular flexibility index (Phi) is 5.54. The van der Waals surface area contributed by atoms with Crippen LogP contribution in [0.1, 0.15) is 38.0 Å². The molecule has 2 aromatic rings. The molecular weight excluding hydrogens is 284 g/mol. The van der Waals surface area contributed by atoms with Gasteiger partial charge in [-0.3, -0.25) is 4.90 Å². The molecule has 0 unspecified atom stereocenters. The van der Waals surface area contributed by atoms with Gasteiger partial charge in [0.1, 0.15) is 12.1 Å². The number of rotatable bonds is 5. The molecule has 3 heteroatoms. The van der Waals surface area contributed by atoms with Crippen LogP contribution in [0.4, 0.5) is 0 Å². The standard InChI is InChI=1S/C20H24N2O/c1-20(2,3)22(15-16-10-6-4-7-11-16)18(14-21)19(23)17-12-8-5-9-13-17/h4-13,18-19,23H,15H2,1-3H3/t18-,19+/m1/s1. The van der Waals surface area contributed by atoms with E-state index in [-0.39, 0.29) is 5.54 Å². The number of aliphatic hydroxyl groups is 1. The molecule has 0 saturated heterocycles. The van der Waals surface area contributed by atoms with Crippen LogP contribution in [0.25, 0.3) is 0 Å². The van der Waals surface area contributed by atoms with Crippen LogP contribution in [0.3, 0.4) is 0 Å². The van der Waals surface area contributed by atoms with Crippen molar-refractivity contribution in [3.05, 3.63) is 71.8 Å². The monoisotopic (exact) mass is 308 g/mol. The minimum absolute atomic E-state index is 0.244. The third-order valence-corrected chi connectivity index (χ3v) is 3.97. The molecule has 120 valence electrons. The summed E-state index contributed by atoms with van der Waals surface area (Å²) in [5.74, 6) is 0. The molecule has 0 amide bonds. The van der Waals surface area contributed by atoms with Crippen molar-refractivity contribution in [1.82, 2.24) is 4.90 Å². The molecule has 0 aliphatic carbocycles. The number of hydrogen-bond acceptors (Lipinski definition) is 3. The third kappa shape index (κ3) is 4.41. The Bertz CT molecular complexity index is 641. The van der Waals surface area contributed by atoms with Crippen LogP contribution in [-0.2, 0) is 6.54 Å². The van der Waals surface area contributed by atoms with Gasteiger partial charge in [-0.05, 0) is 31.9 Å². The Hall–Kier alpha value is -2.15. The predicted octanol–water partition coefficient (Wildman–Crippen LogP) is 3.91. The average molecular weight is 308 g/mol. The van der Waals surface area contributed by atoms with E-state index in [9.17, 15) is 10.4 Å². The lowest BCUT2D eigenvalue weighted by molar-refractivity contribution is 0.0176. The van der Waals surface area contributed by atoms with Gasteiger partial charge in [-0.25, -0.2) is 0 Å². The molecule has 2 rings (SSSR count). The molecular formula is C20H24N2O. The minimum atomic E-state index is -0.843. The Morgan fingerprint density at radius 2 is 1.52 bits per heavy atom. The summed E-state index contributed by atoms with van der Waals surface area (Å²) >= 11 is 0. The predicted molar refractivity (Wildman–Crippen MR) is 92.5 cm³/mol. The van der Waals surface area contributed by atoms with Crippen molar-refractivity contribution in [3.63, 3.8) is 0 Å². The summed E-state index contributed by atoms with van der Waals surface area (Å²) in [6, 6.07) is 21.1. The van der Waals surface area contributed by atoms with Crippen LogP contribution in [0.2, 0.25) is 0 Å². The fourth-order valence-electron chi connectivity index (χ4n) is 2.68. The van der Waals surface area contributed by atoms with Crippen LogP contribution in [-0.4, -0.2) is 21.6 Å². The van der Waals surface area contributed by atoms with E-state index in [1.807, 2.05) is 60.7 Å². The van der Waals surface area contributed by atoms with Crippen LogP contribution in [0.5, 0.6) is 0 Å². The summed E-state index contributed by atoms with van der Waals surface area (Å²) in [7, 11) is 0. The number of benzene rings is 2. The van der Waals surface area contributed by atoms with Crippen LogP contribution in [0, 0.1) is 11.3 Å². The zero-order valence-electron chi connectivity index (χ0n) is 14.0. The van der Waals surface area contributed by atoms with E-state index in [2.05, 4.69) is 31.7 Å². The summed E-state index contributed by atoms with van der Waals surface area (Å²) < 4.78 is 0. The fourth-order valence-corrected chi connectivity index (χ4v) is 2.68. The summed E-state index contributed by atoms with van der Waals surface area (Å²) in [4.78, 5) is 2.06. The topological polar surface area (TPSA) is 47.3 Å². The second kappa shape index (κ2) is 7.41. The highest BCUT2D eigenvalue weighted by Crippen LogP contribution is 2.28. The Labute approximate surface area is 138 Å². The van der Waals surface area contributed by atoms with E-state index in [1.165, 1.54) is 0 Å². The molecule has 0 aliphatic heterocycles. The first-order valence-corrected chi connectivity index (χ1v) is 7.87. The SMILES string of the molecule is CC(C)(C)N(Cc1ccccc1)[C@H](C#N)[C@@H](O)c1ccccc1. The molecule has 0 aromatic heterocycles. The quantitative estimate of drug-likeness (QED) is 0.911. The first-order valence-electron chi connectivity index (χ1n) is 7.87. The van der Waals surface area contributed by atoms with Gasteiger partial charge in [0.15, 0.2) is 0 Å². The second-order valence-corrected chi connectivity index (χ2v) is 6.71. The molecule has 0 saturated carbocycles. The van der Waals surface area contributed by atoms with Crippen LogP contribution >= 0.6 is 0 Å². The van der Waals surface area contributed by atoms with Gasteiger partial charge < -0.3 is 5.11 Å². The molecule has 3 nitrogen and oxygen atoms in total. The zero-order valence-corrected chi connectivity index (χ0v) is 14.0. The van der Waals surface area contributed by atoms with Crippen molar-refractivity contribution in [3.8, 4) is 6.07 Å². The number of nitriles is 1. The summed E-state index contributed by atoms with van der Waals surface area (Å²) in [6.45, 7) is 6.82. The van der Waals surface area contributed by atoms with Gasteiger partial charge in [0, 0.05) is 12.1 Å². The van der Waals surface area contributed by atoms with E-state index in [0.29, 0.717) is 6.54 Å². The fraction of sp³-hybridized carbons (Fsp3) is 0.350. The van der Waals surface area contributed by atoms with E-state index in [0.717, 1.165) is 11.1 Å². The molecule has 0 fully saturated rings. The molecule has 0 spiro atoms. The van der Waals surface area contributed by atoms with E-state index in [4.69, 9.17) is 0 Å². The average Bonchev–Trinajstić information content (AvgIpc) is 2.55. The lowest BCUT2D eigenvalue weighted by Crippen LogP contribution is -2.49. The summed E-state index contributed by atoms with van der Waals surface area (Å²) in [5.41, 5.74) is 1.65. The highest BCUT2D eigenvalue weighted by molar-refractivity contribution is 5.23. The van der Waals surface area contributed by atoms with Crippen molar-refractivity contribution in [2.45, 2.75) is 45.0 Å². The van der Waals surface area contributed by atoms with Crippen molar-refractivity contribution in [2.75, 3.05) is 0 Å². The van der Waals surface area contributed by atoms with Crippen LogP contribution in [0.15, 0.2) is 60.7 Å². The maximum Gasteiger partial charge on any atom is 0.129 e. The van der Waals surface area contributed by atoms with Gasteiger partial charge >= 0.3 is 0 Å². The largest absolute Gasteiger partial charge is 0.386 e. The summed E-state index contributed by atoms with van der Waals surface area (Å²) in [6.07, 6.45) is -0.843. The Morgan fingerprint density at radius 1 is 1.00 bits per heavy atom. The molecule has 0 radical (unpaired) electrons. The normalized spacial score (nSPS) is 14.3. The van der Waals surface area contributed by atoms with Gasteiger partial charge in [-0.15, -0.1) is 0 Å². The van der Waals surface area contributed by atoms with E-state index in [1.54, 1.807) is 0 Å². The first kappa shape index (κ1) is 17.2. The lowest BCUT2D eigenvalue weighted by atomic mass is 9.95. The highest BCUT2D eigenvalue weighted by Gasteiger charge is 2.34. The summed E-state index contributed by atoms with van der Waals surface area (Å²) in [5, 5.41) is 20.4. The Morgan fingerprint density at radius 3 is 2.00 bits per heavy atom. The van der Waals surface area contributed by atoms with Crippen molar-refractivity contribution < 1.29 is 5.11 Å². The highest BCUT2D eigenvalue weighted by atomic mass is 16.3. The van der Waals surface area contributed by atoms with E-state index < -0.39 is 12.1 Å². The molecule has 1 N–H and O–H groups in total. The van der Waals surface area contributed by atoms with E-state index >= 15 is 0 Å². The molecule has 0 heterocycles. The smallest absolute Gasteiger partial charge is 0.129 e. The van der Waals surface area contributed by atoms with Crippen LogP contribution < -0.4 is 0 Å². The van der Waals surface area contributed by atoms with Gasteiger partial charge in [0.05, 0.1) is 6.07 Å². The first-order chi connectivity index (χ1) is 10.9. The second-order valence-electron chi connectivity index (χ2n) is 6.71. The van der Waals surface area contributed by atoms with Gasteiger partial charge in [-0.1, -0.05) is 60.7 Å². The third-order valence-electron chi connectivity index (χ3n) is 3.97. The number of hydrogen-bond donors (Lipinski definition) is 1. The molecule has 23 heavy (non-hydrogen) atoms. The molecule has 0 bridgehead atoms. The molecule has 0 aliphatic rings. The molecule has 2 atom stereocenters. The molecule has 2 aromatic carbocycles. The Balaban J connectivity index is 2.31. The van der Waals surface area contributed by atoms with Gasteiger partial charge in [0.2, 0.25) is 0 Å². The van der Waals surface area contributed by atoms with Crippen molar-refractivity contribution in [2.24, 2.45) is 0 Å². The maximum absolute atomic E-state index is 10.7. The minimum Gasteiger partial charge on any atom is -0.386 e. The van der Waals surface area contributed by atoms with Gasteiger partial charge in [0.25, 0.3) is 0 Å². The van der Waals surface area contributed by atoms with Crippen molar-refractivity contribution in [1.29, 1.82) is 5.26 Å². The number of nitrogens with zero attached hydrogens (tertiary/aromatic N) is 2. The number of aliphatic hydroxyl groups excluding tert-OH is 1. The maximum atomic E-state index is 10.7. The van der Waals surface area contributed by atoms with Gasteiger partial charge in [-0.2, -0.15) is 5.26 Å². The zero-order chi connectivity index (χ0) is 16.9.